The highest BCUT2D eigenvalue weighted by atomic mass is 16.1. The van der Waals surface area contributed by atoms with Crippen molar-refractivity contribution in [2.75, 3.05) is 0 Å². The maximum Gasteiger partial charge on any atom is 0.262 e. The average molecular weight is 224 g/mol. The van der Waals surface area contributed by atoms with Crippen molar-refractivity contribution in [1.82, 2.24) is 19.9 Å². The Bertz CT molecular complexity index is 721. The summed E-state index contributed by atoms with van der Waals surface area (Å²) in [4.78, 5) is 26.6. The van der Waals surface area contributed by atoms with Crippen molar-refractivity contribution in [1.29, 1.82) is 0 Å². The van der Waals surface area contributed by atoms with Gasteiger partial charge in [-0.15, -0.1) is 0 Å². The fraction of sp³-hybridized carbons (Fsp3) is 0. The lowest BCUT2D eigenvalue weighted by atomic mass is 10.2. The van der Waals surface area contributed by atoms with Crippen LogP contribution in [0.1, 0.15) is 0 Å². The maximum absolute atomic E-state index is 11.8. The lowest BCUT2D eigenvalue weighted by molar-refractivity contribution is 1.11. The van der Waals surface area contributed by atoms with E-state index in [4.69, 9.17) is 0 Å². The molecule has 3 rings (SSSR count). The van der Waals surface area contributed by atoms with Crippen LogP contribution < -0.4 is 5.56 Å². The molecule has 3 aromatic rings. The predicted molar refractivity (Wildman–Crippen MR) is 63.4 cm³/mol. The second-order valence-corrected chi connectivity index (χ2v) is 3.54. The van der Waals surface area contributed by atoms with Crippen LogP contribution in [0.4, 0.5) is 0 Å². The molecule has 0 amide bonds. The van der Waals surface area contributed by atoms with E-state index in [1.165, 1.54) is 12.5 Å². The molecule has 5 nitrogen and oxygen atoms in total. The lowest BCUT2D eigenvalue weighted by Crippen LogP contribution is -2.10. The molecule has 0 saturated carbocycles. The Morgan fingerprint density at radius 1 is 1.12 bits per heavy atom. The smallest absolute Gasteiger partial charge is 0.262 e. The summed E-state index contributed by atoms with van der Waals surface area (Å²) in [7, 11) is 0. The summed E-state index contributed by atoms with van der Waals surface area (Å²) in [5, 5.41) is 0.396. The minimum atomic E-state index is -0.227. The SMILES string of the molecule is O=c1[nH]c(-c2ccccc2)nc2ncncc12. The van der Waals surface area contributed by atoms with Gasteiger partial charge in [-0.2, -0.15) is 0 Å². The number of H-pyrrole nitrogens is 1. The summed E-state index contributed by atoms with van der Waals surface area (Å²) in [6.45, 7) is 0. The highest BCUT2D eigenvalue weighted by Crippen LogP contribution is 2.13. The van der Waals surface area contributed by atoms with Crippen LogP contribution in [0.15, 0.2) is 47.7 Å². The van der Waals surface area contributed by atoms with E-state index >= 15 is 0 Å². The van der Waals surface area contributed by atoms with Crippen LogP contribution >= 0.6 is 0 Å². The van der Waals surface area contributed by atoms with Gasteiger partial charge in [-0.1, -0.05) is 30.3 Å². The van der Waals surface area contributed by atoms with Gasteiger partial charge in [-0.05, 0) is 0 Å². The molecule has 5 heteroatoms. The standard InChI is InChI=1S/C12H8N4O/c17-12-9-6-13-7-14-11(9)15-10(16-12)8-4-2-1-3-5-8/h1-7H,(H,13,14,15,16,17). The van der Waals surface area contributed by atoms with Crippen LogP contribution in [0, 0.1) is 0 Å². The molecule has 82 valence electrons. The van der Waals surface area contributed by atoms with E-state index in [2.05, 4.69) is 19.9 Å². The summed E-state index contributed by atoms with van der Waals surface area (Å²) in [6, 6.07) is 9.44. The Kier molecular flexibility index (Phi) is 2.15. The molecule has 0 atom stereocenters. The largest absolute Gasteiger partial charge is 0.306 e. The van der Waals surface area contributed by atoms with Gasteiger partial charge in [0.05, 0.1) is 0 Å². The van der Waals surface area contributed by atoms with Crippen molar-refractivity contribution in [3.8, 4) is 11.4 Å². The fourth-order valence-electron chi connectivity index (χ4n) is 1.61. The predicted octanol–water partition coefficient (Wildman–Crippen LogP) is 1.38. The normalized spacial score (nSPS) is 10.6. The first-order valence-corrected chi connectivity index (χ1v) is 5.10. The molecule has 0 aliphatic rings. The summed E-state index contributed by atoms with van der Waals surface area (Å²) < 4.78 is 0. The highest BCUT2D eigenvalue weighted by Gasteiger charge is 2.05. The molecular formula is C12H8N4O. The molecule has 0 saturated heterocycles. The first kappa shape index (κ1) is 9.65. The number of rotatable bonds is 1. The van der Waals surface area contributed by atoms with Gasteiger partial charge in [-0.25, -0.2) is 15.0 Å². The van der Waals surface area contributed by atoms with Crippen molar-refractivity contribution >= 4 is 11.0 Å². The average Bonchev–Trinajstić information content (AvgIpc) is 2.40. The van der Waals surface area contributed by atoms with E-state index in [0.29, 0.717) is 16.9 Å². The summed E-state index contributed by atoms with van der Waals surface area (Å²) in [5.41, 5.74) is 1.03. The van der Waals surface area contributed by atoms with Crippen molar-refractivity contribution in [3.05, 3.63) is 53.2 Å². The quantitative estimate of drug-likeness (QED) is 0.677. The molecular weight excluding hydrogens is 216 g/mol. The van der Waals surface area contributed by atoms with Gasteiger partial charge >= 0.3 is 0 Å². The van der Waals surface area contributed by atoms with Crippen LogP contribution in [0.5, 0.6) is 0 Å². The zero-order chi connectivity index (χ0) is 11.7. The number of fused-ring (bicyclic) bond motifs is 1. The number of nitrogens with zero attached hydrogens (tertiary/aromatic N) is 3. The summed E-state index contributed by atoms with van der Waals surface area (Å²) in [6.07, 6.45) is 2.84. The molecule has 0 aliphatic heterocycles. The third-order valence-electron chi connectivity index (χ3n) is 2.43. The Morgan fingerprint density at radius 2 is 1.94 bits per heavy atom. The van der Waals surface area contributed by atoms with Gasteiger partial charge in [0, 0.05) is 11.8 Å². The monoisotopic (exact) mass is 224 g/mol. The van der Waals surface area contributed by atoms with Crippen molar-refractivity contribution in [3.63, 3.8) is 0 Å². The lowest BCUT2D eigenvalue weighted by Gasteiger charge is -2.01. The Hall–Kier alpha value is -2.56. The number of hydrogen-bond donors (Lipinski definition) is 1. The van der Waals surface area contributed by atoms with Crippen molar-refractivity contribution in [2.45, 2.75) is 0 Å². The maximum atomic E-state index is 11.8. The number of aromatic nitrogens is 4. The van der Waals surface area contributed by atoms with E-state index in [9.17, 15) is 4.79 Å². The third kappa shape index (κ3) is 1.67. The van der Waals surface area contributed by atoms with Gasteiger partial charge in [0.25, 0.3) is 5.56 Å². The Labute approximate surface area is 96.2 Å². The van der Waals surface area contributed by atoms with E-state index in [1.54, 1.807) is 0 Å². The van der Waals surface area contributed by atoms with Crippen LogP contribution in [0.25, 0.3) is 22.4 Å². The molecule has 0 fully saturated rings. The molecule has 0 bridgehead atoms. The minimum absolute atomic E-state index is 0.227. The molecule has 1 N–H and O–H groups in total. The highest BCUT2D eigenvalue weighted by molar-refractivity contribution is 5.74. The summed E-state index contributed by atoms with van der Waals surface area (Å²) in [5.74, 6) is 0.516. The second kappa shape index (κ2) is 3.79. The molecule has 1 aromatic carbocycles. The van der Waals surface area contributed by atoms with Crippen molar-refractivity contribution in [2.24, 2.45) is 0 Å². The molecule has 2 aromatic heterocycles. The fourth-order valence-corrected chi connectivity index (χ4v) is 1.61. The zero-order valence-corrected chi connectivity index (χ0v) is 8.79. The molecule has 17 heavy (non-hydrogen) atoms. The van der Waals surface area contributed by atoms with Gasteiger partial charge in [-0.3, -0.25) is 4.79 Å². The number of aromatic amines is 1. The second-order valence-electron chi connectivity index (χ2n) is 3.54. The minimum Gasteiger partial charge on any atom is -0.306 e. The number of nitrogens with one attached hydrogen (secondary N) is 1. The van der Waals surface area contributed by atoms with Gasteiger partial charge in [0.1, 0.15) is 17.5 Å². The van der Waals surface area contributed by atoms with E-state index in [1.807, 2.05) is 30.3 Å². The van der Waals surface area contributed by atoms with Gasteiger partial charge in [0.2, 0.25) is 0 Å². The Balaban J connectivity index is 2.30. The van der Waals surface area contributed by atoms with Crippen LogP contribution in [-0.4, -0.2) is 19.9 Å². The third-order valence-corrected chi connectivity index (χ3v) is 2.43. The Morgan fingerprint density at radius 3 is 2.76 bits per heavy atom. The van der Waals surface area contributed by atoms with Crippen LogP contribution in [0.3, 0.4) is 0 Å². The van der Waals surface area contributed by atoms with Gasteiger partial charge < -0.3 is 4.98 Å². The first-order chi connectivity index (χ1) is 8.34. The molecule has 0 spiro atoms. The summed E-state index contributed by atoms with van der Waals surface area (Å²) >= 11 is 0. The van der Waals surface area contributed by atoms with Crippen LogP contribution in [-0.2, 0) is 0 Å². The first-order valence-electron chi connectivity index (χ1n) is 5.10. The van der Waals surface area contributed by atoms with E-state index in [-0.39, 0.29) is 5.56 Å². The molecule has 2 heterocycles. The number of benzene rings is 1. The van der Waals surface area contributed by atoms with E-state index in [0.717, 1.165) is 5.56 Å². The molecule has 0 aliphatic carbocycles. The number of hydrogen-bond acceptors (Lipinski definition) is 4. The molecule has 0 unspecified atom stereocenters. The topological polar surface area (TPSA) is 71.5 Å². The van der Waals surface area contributed by atoms with Gasteiger partial charge in [0.15, 0.2) is 5.65 Å². The van der Waals surface area contributed by atoms with Crippen LogP contribution in [0.2, 0.25) is 0 Å². The molecule has 0 radical (unpaired) electrons. The van der Waals surface area contributed by atoms with Crippen molar-refractivity contribution < 1.29 is 0 Å². The van der Waals surface area contributed by atoms with E-state index < -0.39 is 0 Å². The zero-order valence-electron chi connectivity index (χ0n) is 8.79.